The van der Waals surface area contributed by atoms with Crippen LogP contribution in [-0.2, 0) is 9.59 Å². The van der Waals surface area contributed by atoms with E-state index in [2.05, 4.69) is 4.98 Å². The van der Waals surface area contributed by atoms with E-state index in [1.165, 1.54) is 4.90 Å². The highest BCUT2D eigenvalue weighted by atomic mass is 35.5. The Bertz CT molecular complexity index is 1300. The van der Waals surface area contributed by atoms with Crippen molar-refractivity contribution in [2.24, 2.45) is 0 Å². The molecule has 0 radical (unpaired) electrons. The molecule has 0 bridgehead atoms. The monoisotopic (exact) mass is 476 g/mol. The van der Waals surface area contributed by atoms with Crippen LogP contribution in [0.25, 0.3) is 5.76 Å². The number of hydrogen-bond donors (Lipinski definition) is 1. The van der Waals surface area contributed by atoms with Crippen molar-refractivity contribution >= 4 is 34.7 Å². The van der Waals surface area contributed by atoms with Gasteiger partial charge in [-0.1, -0.05) is 23.7 Å². The van der Waals surface area contributed by atoms with Crippen LogP contribution in [-0.4, -0.2) is 27.9 Å². The zero-order valence-corrected chi connectivity index (χ0v) is 20.1. The van der Waals surface area contributed by atoms with Crippen molar-refractivity contribution in [3.63, 3.8) is 0 Å². The van der Waals surface area contributed by atoms with E-state index in [-0.39, 0.29) is 17.4 Å². The number of aliphatic hydroxyl groups is 1. The molecule has 1 aliphatic rings. The topological polar surface area (TPSA) is 79.7 Å². The number of amides is 1. The number of ether oxygens (including phenoxy) is 1. The quantitative estimate of drug-likeness (QED) is 0.287. The number of carbonyl (C=O) groups excluding carboxylic acids is 2. The van der Waals surface area contributed by atoms with Gasteiger partial charge in [-0.05, 0) is 80.8 Å². The van der Waals surface area contributed by atoms with Crippen LogP contribution in [0, 0.1) is 13.8 Å². The second-order valence-electron chi connectivity index (χ2n) is 8.54. The summed E-state index contributed by atoms with van der Waals surface area (Å²) in [4.78, 5) is 32.0. The molecule has 1 amide bonds. The minimum atomic E-state index is -0.862. The van der Waals surface area contributed by atoms with Gasteiger partial charge in [0.05, 0.1) is 17.7 Å². The van der Waals surface area contributed by atoms with E-state index < -0.39 is 17.7 Å². The summed E-state index contributed by atoms with van der Waals surface area (Å²) in [5.74, 6) is -1.09. The molecule has 0 aliphatic carbocycles. The van der Waals surface area contributed by atoms with Crippen molar-refractivity contribution in [2.75, 3.05) is 4.90 Å². The number of rotatable bonds is 5. The van der Waals surface area contributed by atoms with Crippen molar-refractivity contribution in [3.8, 4) is 5.75 Å². The van der Waals surface area contributed by atoms with Gasteiger partial charge in [0.1, 0.15) is 11.5 Å². The van der Waals surface area contributed by atoms with Gasteiger partial charge in [0.2, 0.25) is 0 Å². The maximum absolute atomic E-state index is 13.2. The third-order valence-electron chi connectivity index (χ3n) is 5.69. The number of Topliss-reactive ketones (excluding diaryl/α,β-unsaturated/α-hetero) is 1. The van der Waals surface area contributed by atoms with Crippen molar-refractivity contribution in [3.05, 3.63) is 93.8 Å². The summed E-state index contributed by atoms with van der Waals surface area (Å²) in [6, 6.07) is 13.0. The molecule has 1 fully saturated rings. The molecule has 3 aromatic rings. The van der Waals surface area contributed by atoms with Gasteiger partial charge in [-0.25, -0.2) is 0 Å². The van der Waals surface area contributed by atoms with Gasteiger partial charge in [-0.2, -0.15) is 0 Å². The highest BCUT2D eigenvalue weighted by molar-refractivity contribution is 6.51. The first-order chi connectivity index (χ1) is 16.2. The van der Waals surface area contributed by atoms with Crippen molar-refractivity contribution < 1.29 is 19.4 Å². The summed E-state index contributed by atoms with van der Waals surface area (Å²) in [5, 5.41) is 11.8. The zero-order valence-electron chi connectivity index (χ0n) is 19.4. The van der Waals surface area contributed by atoms with E-state index in [0.29, 0.717) is 27.6 Å². The van der Waals surface area contributed by atoms with E-state index in [4.69, 9.17) is 16.3 Å². The minimum Gasteiger partial charge on any atom is -0.507 e. The second kappa shape index (κ2) is 9.31. The maximum atomic E-state index is 13.2. The number of pyridine rings is 1. The Hall–Kier alpha value is -3.64. The van der Waals surface area contributed by atoms with E-state index in [9.17, 15) is 14.7 Å². The molecule has 2 heterocycles. The van der Waals surface area contributed by atoms with Crippen LogP contribution in [0.5, 0.6) is 5.75 Å². The summed E-state index contributed by atoms with van der Waals surface area (Å²) in [6.07, 6.45) is 3.18. The highest BCUT2D eigenvalue weighted by Crippen LogP contribution is 2.43. The van der Waals surface area contributed by atoms with Crippen molar-refractivity contribution in [1.29, 1.82) is 0 Å². The van der Waals surface area contributed by atoms with E-state index in [1.807, 2.05) is 27.7 Å². The Balaban J connectivity index is 1.89. The van der Waals surface area contributed by atoms with Crippen LogP contribution in [0.15, 0.2) is 66.5 Å². The number of hydrogen-bond acceptors (Lipinski definition) is 5. The summed E-state index contributed by atoms with van der Waals surface area (Å²) >= 11 is 6.32. The number of aryl methyl sites for hydroxylation is 2. The van der Waals surface area contributed by atoms with Gasteiger partial charge in [0, 0.05) is 28.7 Å². The molecule has 0 saturated carbocycles. The van der Waals surface area contributed by atoms with Gasteiger partial charge in [-0.15, -0.1) is 0 Å². The molecule has 1 atom stereocenters. The van der Waals surface area contributed by atoms with Crippen LogP contribution in [0.1, 0.15) is 42.1 Å². The summed E-state index contributed by atoms with van der Waals surface area (Å²) in [6.45, 7) is 7.58. The summed E-state index contributed by atoms with van der Waals surface area (Å²) in [7, 11) is 0. The Labute approximate surface area is 203 Å². The van der Waals surface area contributed by atoms with Gasteiger partial charge in [-0.3, -0.25) is 19.5 Å². The molecule has 7 heteroatoms. The van der Waals surface area contributed by atoms with Crippen LogP contribution < -0.4 is 9.64 Å². The third kappa shape index (κ3) is 4.29. The van der Waals surface area contributed by atoms with Crippen LogP contribution in [0.3, 0.4) is 0 Å². The Morgan fingerprint density at radius 2 is 1.85 bits per heavy atom. The van der Waals surface area contributed by atoms with Gasteiger partial charge in [0.25, 0.3) is 11.7 Å². The molecule has 6 nitrogen and oxygen atoms in total. The number of anilines is 1. The molecule has 4 rings (SSSR count). The summed E-state index contributed by atoms with van der Waals surface area (Å²) < 4.78 is 5.78. The third-order valence-corrected chi connectivity index (χ3v) is 6.10. The first-order valence-corrected chi connectivity index (χ1v) is 11.3. The first kappa shape index (κ1) is 23.5. The van der Waals surface area contributed by atoms with Crippen LogP contribution in [0.4, 0.5) is 5.69 Å². The van der Waals surface area contributed by atoms with Crippen molar-refractivity contribution in [2.45, 2.75) is 39.8 Å². The minimum absolute atomic E-state index is 0.00427. The van der Waals surface area contributed by atoms with Crippen LogP contribution in [0.2, 0.25) is 5.02 Å². The van der Waals surface area contributed by atoms with E-state index in [1.54, 1.807) is 60.9 Å². The largest absolute Gasteiger partial charge is 0.507 e. The number of benzene rings is 2. The SMILES string of the molecule is Cc1ccc(N2C(=O)C(=O)/C(=C(/O)c3ccc(OC(C)C)c(C)c3)C2c2cccnc2)cc1Cl. The number of ketones is 1. The number of halogens is 1. The number of aliphatic hydroxyl groups excluding tert-OH is 1. The molecule has 1 aromatic heterocycles. The Kier molecular flexibility index (Phi) is 6.44. The molecule has 1 N–H and O–H groups in total. The smallest absolute Gasteiger partial charge is 0.300 e. The number of nitrogens with zero attached hydrogens (tertiary/aromatic N) is 2. The maximum Gasteiger partial charge on any atom is 0.300 e. The molecule has 174 valence electrons. The molecule has 1 aliphatic heterocycles. The average Bonchev–Trinajstić information content (AvgIpc) is 3.07. The normalized spacial score (nSPS) is 17.5. The molecule has 0 spiro atoms. The second-order valence-corrected chi connectivity index (χ2v) is 8.94. The lowest BCUT2D eigenvalue weighted by Crippen LogP contribution is -2.29. The van der Waals surface area contributed by atoms with Gasteiger partial charge < -0.3 is 9.84 Å². The van der Waals surface area contributed by atoms with E-state index >= 15 is 0 Å². The van der Waals surface area contributed by atoms with Crippen molar-refractivity contribution in [1.82, 2.24) is 4.98 Å². The molecule has 2 aromatic carbocycles. The molecule has 1 saturated heterocycles. The number of carbonyl (C=O) groups is 2. The fraction of sp³-hybridized carbons (Fsp3) is 0.222. The lowest BCUT2D eigenvalue weighted by atomic mass is 9.95. The Morgan fingerprint density at radius 3 is 2.47 bits per heavy atom. The fourth-order valence-electron chi connectivity index (χ4n) is 4.02. The van der Waals surface area contributed by atoms with Crippen LogP contribution >= 0.6 is 11.6 Å². The fourth-order valence-corrected chi connectivity index (χ4v) is 4.20. The summed E-state index contributed by atoms with van der Waals surface area (Å²) in [5.41, 5.74) is 3.11. The van der Waals surface area contributed by atoms with Gasteiger partial charge in [0.15, 0.2) is 0 Å². The lowest BCUT2D eigenvalue weighted by molar-refractivity contribution is -0.132. The zero-order chi connectivity index (χ0) is 24.6. The number of aromatic nitrogens is 1. The molecular formula is C27H25ClN2O4. The average molecular weight is 477 g/mol. The first-order valence-electron chi connectivity index (χ1n) is 10.9. The van der Waals surface area contributed by atoms with E-state index in [0.717, 1.165) is 11.1 Å². The molecular weight excluding hydrogens is 452 g/mol. The Morgan fingerprint density at radius 1 is 1.09 bits per heavy atom. The lowest BCUT2D eigenvalue weighted by Gasteiger charge is -2.25. The molecule has 1 unspecified atom stereocenters. The predicted octanol–water partition coefficient (Wildman–Crippen LogP) is 5.77. The highest BCUT2D eigenvalue weighted by Gasteiger charge is 2.47. The van der Waals surface area contributed by atoms with Gasteiger partial charge >= 0.3 is 0 Å². The molecule has 34 heavy (non-hydrogen) atoms. The standard InChI is InChI=1S/C27H25ClN2O4/c1-15(2)34-22-10-8-18(12-17(22)4)25(31)23-24(19-6-5-11-29-14-19)30(27(33)26(23)32)20-9-7-16(3)21(28)13-20/h5-15,24,31H,1-4H3/b25-23+. The predicted molar refractivity (Wildman–Crippen MR) is 132 cm³/mol.